The standard InChI is InChI=1S/C20H23N3O5/c24-14-5-3-13(4-6-14)15-9-16(22-21-15)18(26)23-8-7-17(25)20(11-23,19(27)28)10-12-1-2-12/h3-6,9,12,17,24-25H,1-2,7-8,10-11H2,(H,21,22)(H,27,28)/t17-,20-/m1/s1. The van der Waals surface area contributed by atoms with Crippen molar-refractivity contribution in [2.24, 2.45) is 11.3 Å². The number of phenols is 1. The number of hydrogen-bond donors (Lipinski definition) is 4. The predicted octanol–water partition coefficient (Wildman–Crippen LogP) is 1.86. The highest BCUT2D eigenvalue weighted by Crippen LogP contribution is 2.45. The van der Waals surface area contributed by atoms with E-state index in [2.05, 4.69) is 10.2 Å². The Bertz CT molecular complexity index is 890. The zero-order valence-corrected chi connectivity index (χ0v) is 15.3. The lowest BCUT2D eigenvalue weighted by atomic mass is 9.73. The van der Waals surface area contributed by atoms with Gasteiger partial charge in [-0.15, -0.1) is 0 Å². The molecular formula is C20H23N3O5. The molecule has 8 nitrogen and oxygen atoms in total. The number of nitrogens with zero attached hydrogens (tertiary/aromatic N) is 2. The minimum atomic E-state index is -1.31. The smallest absolute Gasteiger partial charge is 0.314 e. The first-order chi connectivity index (χ1) is 13.4. The number of aliphatic hydroxyl groups excluding tert-OH is 1. The lowest BCUT2D eigenvalue weighted by Gasteiger charge is -2.43. The zero-order valence-electron chi connectivity index (χ0n) is 15.3. The summed E-state index contributed by atoms with van der Waals surface area (Å²) in [5, 5.41) is 36.6. The molecule has 0 bridgehead atoms. The maximum atomic E-state index is 13.0. The Kier molecular flexibility index (Phi) is 4.58. The van der Waals surface area contributed by atoms with Crippen molar-refractivity contribution in [1.82, 2.24) is 15.1 Å². The summed E-state index contributed by atoms with van der Waals surface area (Å²) in [6, 6.07) is 8.08. The number of benzene rings is 1. The van der Waals surface area contributed by atoms with E-state index in [-0.39, 0.29) is 30.3 Å². The van der Waals surface area contributed by atoms with Crippen LogP contribution in [-0.2, 0) is 4.79 Å². The minimum absolute atomic E-state index is 0.00754. The van der Waals surface area contributed by atoms with Crippen LogP contribution in [-0.4, -0.2) is 61.5 Å². The number of phenolic OH excluding ortho intramolecular Hbond substituents is 1. The predicted molar refractivity (Wildman–Crippen MR) is 99.6 cm³/mol. The van der Waals surface area contributed by atoms with Gasteiger partial charge in [0.05, 0.1) is 11.8 Å². The Labute approximate surface area is 161 Å². The van der Waals surface area contributed by atoms with Crippen LogP contribution in [0.1, 0.15) is 36.2 Å². The molecule has 4 N–H and O–H groups in total. The van der Waals surface area contributed by atoms with Gasteiger partial charge in [-0.25, -0.2) is 0 Å². The number of carboxylic acid groups (broad SMARTS) is 1. The Morgan fingerprint density at radius 1 is 1.21 bits per heavy atom. The van der Waals surface area contributed by atoms with E-state index in [1.165, 1.54) is 17.0 Å². The van der Waals surface area contributed by atoms with Crippen LogP contribution in [0.5, 0.6) is 5.75 Å². The summed E-state index contributed by atoms with van der Waals surface area (Å²) >= 11 is 0. The van der Waals surface area contributed by atoms with Crippen LogP contribution in [0.4, 0.5) is 0 Å². The average Bonchev–Trinajstić information content (AvgIpc) is 3.35. The molecule has 0 spiro atoms. The summed E-state index contributed by atoms with van der Waals surface area (Å²) in [6.45, 7) is 0.291. The topological polar surface area (TPSA) is 127 Å². The van der Waals surface area contributed by atoms with E-state index in [0.29, 0.717) is 24.6 Å². The third kappa shape index (κ3) is 3.35. The maximum Gasteiger partial charge on any atom is 0.314 e. The van der Waals surface area contributed by atoms with Gasteiger partial charge in [-0.3, -0.25) is 14.7 Å². The van der Waals surface area contributed by atoms with Crippen molar-refractivity contribution < 1.29 is 24.9 Å². The summed E-state index contributed by atoms with van der Waals surface area (Å²) in [7, 11) is 0. The van der Waals surface area contributed by atoms with Gasteiger partial charge in [-0.05, 0) is 49.1 Å². The van der Waals surface area contributed by atoms with Gasteiger partial charge in [-0.1, -0.05) is 12.8 Å². The second-order valence-electron chi connectivity index (χ2n) is 7.85. The molecule has 1 aliphatic heterocycles. The Morgan fingerprint density at radius 3 is 2.57 bits per heavy atom. The van der Waals surface area contributed by atoms with E-state index >= 15 is 0 Å². The van der Waals surface area contributed by atoms with Crippen molar-refractivity contribution in [2.45, 2.75) is 31.8 Å². The summed E-state index contributed by atoms with van der Waals surface area (Å²) in [5.41, 5.74) is 0.262. The number of H-pyrrole nitrogens is 1. The summed E-state index contributed by atoms with van der Waals surface area (Å²) < 4.78 is 0. The Hall–Kier alpha value is -2.87. The zero-order chi connectivity index (χ0) is 19.9. The van der Waals surface area contributed by atoms with E-state index in [0.717, 1.165) is 18.4 Å². The molecule has 1 aromatic heterocycles. The Morgan fingerprint density at radius 2 is 1.93 bits per heavy atom. The lowest BCUT2D eigenvalue weighted by molar-refractivity contribution is -0.163. The second kappa shape index (κ2) is 6.94. The first kappa shape index (κ1) is 18.5. The number of amides is 1. The van der Waals surface area contributed by atoms with Gasteiger partial charge in [0.25, 0.3) is 5.91 Å². The molecule has 1 saturated heterocycles. The lowest BCUT2D eigenvalue weighted by Crippen LogP contribution is -2.57. The second-order valence-corrected chi connectivity index (χ2v) is 7.85. The van der Waals surface area contributed by atoms with E-state index < -0.39 is 17.5 Å². The fraction of sp³-hybridized carbons (Fsp3) is 0.450. The van der Waals surface area contributed by atoms with Crippen molar-refractivity contribution in [3.8, 4) is 17.0 Å². The number of rotatable bonds is 5. The minimum Gasteiger partial charge on any atom is -0.508 e. The number of carboxylic acids is 1. The number of nitrogens with one attached hydrogen (secondary N) is 1. The molecule has 1 saturated carbocycles. The van der Waals surface area contributed by atoms with Gasteiger partial charge in [-0.2, -0.15) is 5.10 Å². The molecule has 2 fully saturated rings. The fourth-order valence-corrected chi connectivity index (χ4v) is 3.97. The normalized spacial score (nSPS) is 24.9. The van der Waals surface area contributed by atoms with Crippen molar-refractivity contribution in [3.05, 3.63) is 36.0 Å². The third-order valence-corrected chi connectivity index (χ3v) is 5.82. The number of carbonyl (C=O) groups excluding carboxylic acids is 1. The highest BCUT2D eigenvalue weighted by atomic mass is 16.4. The molecule has 2 aromatic rings. The van der Waals surface area contributed by atoms with Gasteiger partial charge in [0, 0.05) is 18.7 Å². The van der Waals surface area contributed by atoms with Crippen molar-refractivity contribution >= 4 is 11.9 Å². The molecule has 8 heteroatoms. The maximum absolute atomic E-state index is 13.0. The largest absolute Gasteiger partial charge is 0.508 e. The number of piperidine rings is 1. The average molecular weight is 385 g/mol. The number of hydrogen-bond acceptors (Lipinski definition) is 5. The Balaban J connectivity index is 1.54. The molecule has 1 aromatic carbocycles. The van der Waals surface area contributed by atoms with Crippen molar-refractivity contribution in [2.75, 3.05) is 13.1 Å². The van der Waals surface area contributed by atoms with Crippen LogP contribution < -0.4 is 0 Å². The molecule has 2 aliphatic rings. The SMILES string of the molecule is O=C(c1cc(-c2ccc(O)cc2)n[nH]1)N1CC[C@@H](O)[C@](CC2CC2)(C(=O)O)C1. The van der Waals surface area contributed by atoms with E-state index in [1.807, 2.05) is 0 Å². The highest BCUT2D eigenvalue weighted by Gasteiger charge is 2.52. The van der Waals surface area contributed by atoms with Crippen LogP contribution >= 0.6 is 0 Å². The highest BCUT2D eigenvalue weighted by molar-refractivity contribution is 5.94. The van der Waals surface area contributed by atoms with Crippen LogP contribution in [0.15, 0.2) is 30.3 Å². The fourth-order valence-electron chi connectivity index (χ4n) is 3.97. The van der Waals surface area contributed by atoms with Gasteiger partial charge in [0.15, 0.2) is 0 Å². The molecule has 2 atom stereocenters. The first-order valence-electron chi connectivity index (χ1n) is 9.44. The molecule has 1 amide bonds. The van der Waals surface area contributed by atoms with E-state index in [9.17, 15) is 24.9 Å². The number of aromatic hydroxyl groups is 1. The van der Waals surface area contributed by atoms with Gasteiger partial charge in [0.1, 0.15) is 16.9 Å². The summed E-state index contributed by atoms with van der Waals surface area (Å²) in [4.78, 5) is 26.5. The number of aromatic nitrogens is 2. The molecule has 4 rings (SSSR count). The van der Waals surface area contributed by atoms with E-state index in [1.54, 1.807) is 18.2 Å². The van der Waals surface area contributed by atoms with Crippen molar-refractivity contribution in [1.29, 1.82) is 0 Å². The first-order valence-corrected chi connectivity index (χ1v) is 9.44. The number of aliphatic hydroxyl groups is 1. The summed E-state index contributed by atoms with van der Waals surface area (Å²) in [6.07, 6.45) is 1.64. The van der Waals surface area contributed by atoms with Gasteiger partial charge < -0.3 is 20.2 Å². The number of aromatic amines is 1. The molecule has 2 heterocycles. The molecule has 148 valence electrons. The number of carbonyl (C=O) groups is 2. The molecule has 28 heavy (non-hydrogen) atoms. The van der Waals surface area contributed by atoms with Crippen LogP contribution in [0.3, 0.4) is 0 Å². The van der Waals surface area contributed by atoms with E-state index in [4.69, 9.17) is 0 Å². The van der Waals surface area contributed by atoms with Crippen LogP contribution in [0, 0.1) is 11.3 Å². The molecular weight excluding hydrogens is 362 g/mol. The molecule has 0 radical (unpaired) electrons. The number of likely N-dealkylation sites (tertiary alicyclic amines) is 1. The van der Waals surface area contributed by atoms with Crippen molar-refractivity contribution in [3.63, 3.8) is 0 Å². The van der Waals surface area contributed by atoms with Crippen LogP contribution in [0.2, 0.25) is 0 Å². The molecule has 1 aliphatic carbocycles. The summed E-state index contributed by atoms with van der Waals surface area (Å²) in [5.74, 6) is -0.915. The number of aliphatic carboxylic acids is 1. The van der Waals surface area contributed by atoms with Gasteiger partial charge >= 0.3 is 5.97 Å². The van der Waals surface area contributed by atoms with Gasteiger partial charge in [0.2, 0.25) is 0 Å². The third-order valence-electron chi connectivity index (χ3n) is 5.82. The molecule has 0 unspecified atom stereocenters. The quantitative estimate of drug-likeness (QED) is 0.622. The monoisotopic (exact) mass is 385 g/mol. The van der Waals surface area contributed by atoms with Crippen LogP contribution in [0.25, 0.3) is 11.3 Å².